The molecule has 0 saturated carbocycles. The summed E-state index contributed by atoms with van der Waals surface area (Å²) in [5.74, 6) is -2.74. The minimum atomic E-state index is -0.896. The number of hydrogen-bond acceptors (Lipinski definition) is 3. The Hall–Kier alpha value is -4.50. The molecule has 0 atom stereocenters. The van der Waals surface area contributed by atoms with Crippen LogP contribution in [0.2, 0.25) is 5.02 Å². The van der Waals surface area contributed by atoms with Crippen LogP contribution < -0.4 is 15.6 Å². The van der Waals surface area contributed by atoms with E-state index in [0.717, 1.165) is 12.1 Å². The van der Waals surface area contributed by atoms with E-state index in [0.29, 0.717) is 33.8 Å². The van der Waals surface area contributed by atoms with Gasteiger partial charge < -0.3 is 19.6 Å². The monoisotopic (exact) mass is 537 g/mol. The maximum absolute atomic E-state index is 14.4. The molecule has 1 amide bonds. The van der Waals surface area contributed by atoms with Crippen molar-refractivity contribution in [2.24, 2.45) is 7.05 Å². The van der Waals surface area contributed by atoms with Gasteiger partial charge in [0.15, 0.2) is 11.6 Å². The van der Waals surface area contributed by atoms with E-state index >= 15 is 0 Å². The molecule has 5 aromatic rings. The maximum atomic E-state index is 14.4. The normalized spacial score (nSPS) is 11.1. The van der Waals surface area contributed by atoms with Crippen molar-refractivity contribution in [1.29, 1.82) is 0 Å². The minimum Gasteiger partial charge on any atom is -0.454 e. The maximum Gasteiger partial charge on any atom is 0.272 e. The van der Waals surface area contributed by atoms with E-state index in [1.165, 1.54) is 36.5 Å². The number of H-pyrrole nitrogens is 1. The largest absolute Gasteiger partial charge is 0.454 e. The van der Waals surface area contributed by atoms with Gasteiger partial charge in [-0.3, -0.25) is 9.59 Å². The predicted molar refractivity (Wildman–Crippen MR) is 139 cm³/mol. The number of halogens is 4. The lowest BCUT2D eigenvalue weighted by Gasteiger charge is -2.14. The average Bonchev–Trinajstić information content (AvgIpc) is 3.21. The number of carbonyl (C=O) groups excluding carboxylic acids is 1. The number of aromatic amines is 1. The van der Waals surface area contributed by atoms with Gasteiger partial charge >= 0.3 is 0 Å². The zero-order valence-corrected chi connectivity index (χ0v) is 20.6. The number of amides is 1. The van der Waals surface area contributed by atoms with Crippen LogP contribution in [-0.2, 0) is 18.3 Å². The molecule has 0 aliphatic carbocycles. The summed E-state index contributed by atoms with van der Waals surface area (Å²) in [4.78, 5) is 27.8. The summed E-state index contributed by atoms with van der Waals surface area (Å²) < 4.78 is 49.4. The molecule has 10 heteroatoms. The number of fused-ring (bicyclic) bond motifs is 1. The van der Waals surface area contributed by atoms with Gasteiger partial charge in [-0.2, -0.15) is 0 Å². The van der Waals surface area contributed by atoms with Gasteiger partial charge in [0.25, 0.3) is 5.56 Å². The fraction of sp³-hybridized carbons (Fsp3) is 0.0714. The molecule has 0 aliphatic heterocycles. The SMILES string of the molecule is Cn1cc(-c2cc(NC(=O)Cc3ccc(Cl)cc3F)ccc2Oc2ccc(F)cc2F)c2cc[nH]c(=O)c21. The second-order valence-corrected chi connectivity index (χ2v) is 9.01. The Kier molecular flexibility index (Phi) is 6.69. The Labute approximate surface area is 219 Å². The molecule has 0 aliphatic rings. The number of hydrogen-bond donors (Lipinski definition) is 2. The first-order chi connectivity index (χ1) is 18.2. The first kappa shape index (κ1) is 25.2. The number of rotatable bonds is 6. The Bertz CT molecular complexity index is 1760. The highest BCUT2D eigenvalue weighted by atomic mass is 35.5. The van der Waals surface area contributed by atoms with Crippen molar-refractivity contribution in [2.75, 3.05) is 5.32 Å². The van der Waals surface area contributed by atoms with Gasteiger partial charge in [-0.15, -0.1) is 0 Å². The fourth-order valence-electron chi connectivity index (χ4n) is 4.21. The summed E-state index contributed by atoms with van der Waals surface area (Å²) in [6.45, 7) is 0. The molecule has 0 bridgehead atoms. The van der Waals surface area contributed by atoms with Crippen LogP contribution in [0.25, 0.3) is 22.0 Å². The van der Waals surface area contributed by atoms with Crippen molar-refractivity contribution >= 4 is 34.1 Å². The fourth-order valence-corrected chi connectivity index (χ4v) is 4.37. The number of carbonyl (C=O) groups is 1. The Morgan fingerprint density at radius 2 is 1.76 bits per heavy atom. The number of pyridine rings is 1. The summed E-state index contributed by atoms with van der Waals surface area (Å²) >= 11 is 5.78. The van der Waals surface area contributed by atoms with E-state index in [9.17, 15) is 22.8 Å². The molecule has 3 aromatic carbocycles. The van der Waals surface area contributed by atoms with Gasteiger partial charge in [-0.05, 0) is 54.1 Å². The molecule has 2 aromatic heterocycles. The summed E-state index contributed by atoms with van der Waals surface area (Å²) in [6, 6.07) is 13.4. The Morgan fingerprint density at radius 1 is 0.974 bits per heavy atom. The third kappa shape index (κ3) is 5.01. The van der Waals surface area contributed by atoms with Gasteiger partial charge in [-0.25, -0.2) is 13.2 Å². The number of ether oxygens (including phenoxy) is 1. The van der Waals surface area contributed by atoms with Crippen LogP contribution >= 0.6 is 11.6 Å². The van der Waals surface area contributed by atoms with Gasteiger partial charge in [0.05, 0.1) is 6.42 Å². The first-order valence-electron chi connectivity index (χ1n) is 11.4. The van der Waals surface area contributed by atoms with Crippen LogP contribution in [0.1, 0.15) is 5.56 Å². The molecular formula is C28H19ClF3N3O3. The number of nitrogens with one attached hydrogen (secondary N) is 2. The molecule has 38 heavy (non-hydrogen) atoms. The zero-order valence-electron chi connectivity index (χ0n) is 19.8. The lowest BCUT2D eigenvalue weighted by atomic mass is 10.0. The second kappa shape index (κ2) is 10.1. The lowest BCUT2D eigenvalue weighted by molar-refractivity contribution is -0.115. The number of aromatic nitrogens is 2. The third-order valence-electron chi connectivity index (χ3n) is 5.93. The van der Waals surface area contributed by atoms with Crippen molar-refractivity contribution in [3.8, 4) is 22.6 Å². The van der Waals surface area contributed by atoms with Gasteiger partial charge in [0.2, 0.25) is 5.91 Å². The number of benzene rings is 3. The van der Waals surface area contributed by atoms with Crippen LogP contribution in [0.4, 0.5) is 18.9 Å². The molecule has 0 unspecified atom stereocenters. The van der Waals surface area contributed by atoms with Crippen molar-refractivity contribution in [3.05, 3.63) is 111 Å². The predicted octanol–water partition coefficient (Wildman–Crippen LogP) is 6.58. The van der Waals surface area contributed by atoms with Crippen LogP contribution in [-0.4, -0.2) is 15.5 Å². The molecule has 2 N–H and O–H groups in total. The molecular weight excluding hydrogens is 519 g/mol. The van der Waals surface area contributed by atoms with Crippen molar-refractivity contribution in [1.82, 2.24) is 9.55 Å². The average molecular weight is 538 g/mol. The summed E-state index contributed by atoms with van der Waals surface area (Å²) in [5.41, 5.74) is 1.62. The lowest BCUT2D eigenvalue weighted by Crippen LogP contribution is -2.15. The molecule has 5 rings (SSSR count). The Morgan fingerprint density at radius 3 is 2.53 bits per heavy atom. The molecule has 0 fully saturated rings. The van der Waals surface area contributed by atoms with E-state index in [1.807, 2.05) is 0 Å². The van der Waals surface area contributed by atoms with Crippen LogP contribution in [0.15, 0.2) is 77.9 Å². The van der Waals surface area contributed by atoms with Gasteiger partial charge in [-0.1, -0.05) is 17.7 Å². The van der Waals surface area contributed by atoms with E-state index in [1.54, 1.807) is 29.9 Å². The van der Waals surface area contributed by atoms with Crippen LogP contribution in [0.5, 0.6) is 11.5 Å². The van der Waals surface area contributed by atoms with Crippen LogP contribution in [0.3, 0.4) is 0 Å². The molecule has 192 valence electrons. The molecule has 0 saturated heterocycles. The van der Waals surface area contributed by atoms with Crippen LogP contribution in [0, 0.1) is 17.5 Å². The quantitative estimate of drug-likeness (QED) is 0.257. The molecule has 0 spiro atoms. The van der Waals surface area contributed by atoms with Gasteiger partial charge in [0, 0.05) is 52.7 Å². The number of nitrogens with zero attached hydrogens (tertiary/aromatic N) is 1. The smallest absolute Gasteiger partial charge is 0.272 e. The summed E-state index contributed by atoms with van der Waals surface area (Å²) in [5, 5.41) is 3.54. The Balaban J connectivity index is 1.55. The highest BCUT2D eigenvalue weighted by Crippen LogP contribution is 2.39. The summed E-state index contributed by atoms with van der Waals surface area (Å²) in [7, 11) is 1.70. The zero-order chi connectivity index (χ0) is 27.0. The standard InChI is InChI=1S/C28H19ClF3N3O3/c1-35-14-21(19-8-9-33-28(37)27(19)35)20-13-18(34-26(36)10-15-2-3-16(29)11-22(15)31)5-7-24(20)38-25-6-4-17(30)12-23(25)32/h2-9,11-14H,10H2,1H3,(H,33,37)(H,34,36). The molecule has 0 radical (unpaired) electrons. The van der Waals surface area contributed by atoms with Gasteiger partial charge in [0.1, 0.15) is 22.9 Å². The third-order valence-corrected chi connectivity index (χ3v) is 6.17. The number of anilines is 1. The van der Waals surface area contributed by atoms with E-state index in [4.69, 9.17) is 16.3 Å². The minimum absolute atomic E-state index is 0.173. The first-order valence-corrected chi connectivity index (χ1v) is 11.7. The van der Waals surface area contributed by atoms with E-state index in [2.05, 4.69) is 10.3 Å². The second-order valence-electron chi connectivity index (χ2n) is 8.57. The highest BCUT2D eigenvalue weighted by Gasteiger charge is 2.18. The van der Waals surface area contributed by atoms with Crippen molar-refractivity contribution in [2.45, 2.75) is 6.42 Å². The van der Waals surface area contributed by atoms with Crippen molar-refractivity contribution < 1.29 is 22.7 Å². The van der Waals surface area contributed by atoms with E-state index < -0.39 is 23.4 Å². The molecule has 2 heterocycles. The molecule has 6 nitrogen and oxygen atoms in total. The van der Waals surface area contributed by atoms with E-state index in [-0.39, 0.29) is 34.1 Å². The topological polar surface area (TPSA) is 76.1 Å². The summed E-state index contributed by atoms with van der Waals surface area (Å²) in [6.07, 6.45) is 2.97. The number of aryl methyl sites for hydroxylation is 1. The highest BCUT2D eigenvalue weighted by molar-refractivity contribution is 6.30. The van der Waals surface area contributed by atoms with Crippen molar-refractivity contribution in [3.63, 3.8) is 0 Å².